The highest BCUT2D eigenvalue weighted by molar-refractivity contribution is 6.05. The first-order valence-electron chi connectivity index (χ1n) is 12.3. The van der Waals surface area contributed by atoms with Gasteiger partial charge in [-0.3, -0.25) is 9.59 Å². The van der Waals surface area contributed by atoms with Gasteiger partial charge >= 0.3 is 5.97 Å². The third-order valence-corrected chi connectivity index (χ3v) is 5.75. The first-order chi connectivity index (χ1) is 19.9. The predicted octanol–water partition coefficient (Wildman–Crippen LogP) is 4.69. The number of fused-ring (bicyclic) bond motifs is 1. The molecule has 0 saturated heterocycles. The second kappa shape index (κ2) is 12.4. The van der Waals surface area contributed by atoms with Crippen LogP contribution in [0.15, 0.2) is 108 Å². The SMILES string of the molecule is O=C(N/N=C/c1cccc(OC(=O)c2cccc(F)c2)c1)/C(=C\c1ccc2c(c1)OCO2)NC(=O)c1ccccc1. The van der Waals surface area contributed by atoms with Crippen LogP contribution in [-0.2, 0) is 4.79 Å². The summed E-state index contributed by atoms with van der Waals surface area (Å²) in [6, 6.07) is 25.1. The van der Waals surface area contributed by atoms with E-state index >= 15 is 0 Å². The Morgan fingerprint density at radius 1 is 0.805 bits per heavy atom. The topological polar surface area (TPSA) is 115 Å². The van der Waals surface area contributed by atoms with E-state index in [1.165, 1.54) is 36.6 Å². The molecule has 0 spiro atoms. The van der Waals surface area contributed by atoms with Crippen molar-refractivity contribution < 1.29 is 33.0 Å². The molecule has 1 aliphatic rings. The molecule has 2 N–H and O–H groups in total. The van der Waals surface area contributed by atoms with Crippen molar-refractivity contribution in [1.82, 2.24) is 10.7 Å². The maximum Gasteiger partial charge on any atom is 0.343 e. The van der Waals surface area contributed by atoms with Gasteiger partial charge in [-0.1, -0.05) is 42.5 Å². The predicted molar refractivity (Wildman–Crippen MR) is 148 cm³/mol. The molecule has 0 unspecified atom stereocenters. The lowest BCUT2D eigenvalue weighted by Crippen LogP contribution is -2.32. The smallest absolute Gasteiger partial charge is 0.343 e. The number of hydrogen-bond acceptors (Lipinski definition) is 7. The number of ether oxygens (including phenoxy) is 3. The number of hydrogen-bond donors (Lipinski definition) is 2. The first-order valence-corrected chi connectivity index (χ1v) is 12.3. The van der Waals surface area contributed by atoms with E-state index in [-0.39, 0.29) is 23.8 Å². The van der Waals surface area contributed by atoms with Gasteiger partial charge in [0.2, 0.25) is 6.79 Å². The van der Waals surface area contributed by atoms with E-state index in [9.17, 15) is 18.8 Å². The molecule has 2 amide bonds. The quantitative estimate of drug-likeness (QED) is 0.108. The van der Waals surface area contributed by atoms with E-state index in [1.807, 2.05) is 0 Å². The lowest BCUT2D eigenvalue weighted by molar-refractivity contribution is -0.117. The Morgan fingerprint density at radius 3 is 2.41 bits per heavy atom. The van der Waals surface area contributed by atoms with Gasteiger partial charge in [-0.2, -0.15) is 5.10 Å². The fourth-order valence-electron chi connectivity index (χ4n) is 3.78. The molecule has 0 bridgehead atoms. The number of nitrogens with zero attached hydrogens (tertiary/aromatic N) is 1. The van der Waals surface area contributed by atoms with Crippen molar-refractivity contribution in [1.29, 1.82) is 0 Å². The highest BCUT2D eigenvalue weighted by Crippen LogP contribution is 2.33. The highest BCUT2D eigenvalue weighted by atomic mass is 19.1. The maximum atomic E-state index is 13.4. The van der Waals surface area contributed by atoms with Gasteiger partial charge in [0, 0.05) is 5.56 Å². The summed E-state index contributed by atoms with van der Waals surface area (Å²) in [5, 5.41) is 6.61. The van der Waals surface area contributed by atoms with Crippen molar-refractivity contribution >= 4 is 30.1 Å². The third kappa shape index (κ3) is 7.01. The third-order valence-electron chi connectivity index (χ3n) is 5.75. The summed E-state index contributed by atoms with van der Waals surface area (Å²) in [7, 11) is 0. The molecule has 10 heteroatoms. The van der Waals surface area contributed by atoms with E-state index in [0.717, 1.165) is 6.07 Å². The van der Waals surface area contributed by atoms with Crippen LogP contribution in [-0.4, -0.2) is 30.8 Å². The zero-order chi connectivity index (χ0) is 28.6. The molecule has 0 aliphatic carbocycles. The van der Waals surface area contributed by atoms with Gasteiger partial charge in [-0.25, -0.2) is 14.6 Å². The van der Waals surface area contributed by atoms with Crippen LogP contribution in [0.4, 0.5) is 4.39 Å². The summed E-state index contributed by atoms with van der Waals surface area (Å²) in [6.07, 6.45) is 2.83. The van der Waals surface area contributed by atoms with Crippen LogP contribution in [0.1, 0.15) is 31.8 Å². The zero-order valence-corrected chi connectivity index (χ0v) is 21.4. The van der Waals surface area contributed by atoms with Crippen LogP contribution in [0, 0.1) is 5.82 Å². The van der Waals surface area contributed by atoms with E-state index in [0.29, 0.717) is 28.2 Å². The Kier molecular flexibility index (Phi) is 8.11. The molecule has 41 heavy (non-hydrogen) atoms. The monoisotopic (exact) mass is 551 g/mol. The molecule has 0 fully saturated rings. The molecule has 4 aromatic carbocycles. The highest BCUT2D eigenvalue weighted by Gasteiger charge is 2.17. The van der Waals surface area contributed by atoms with E-state index in [4.69, 9.17) is 14.2 Å². The number of carbonyl (C=O) groups excluding carboxylic acids is 3. The van der Waals surface area contributed by atoms with Gasteiger partial charge in [-0.15, -0.1) is 0 Å². The Labute approximate surface area is 233 Å². The van der Waals surface area contributed by atoms with Gasteiger partial charge in [-0.05, 0) is 71.8 Å². The number of halogens is 1. The van der Waals surface area contributed by atoms with Gasteiger partial charge in [0.25, 0.3) is 11.8 Å². The Morgan fingerprint density at radius 2 is 1.59 bits per heavy atom. The van der Waals surface area contributed by atoms with Crippen LogP contribution in [0.2, 0.25) is 0 Å². The zero-order valence-electron chi connectivity index (χ0n) is 21.4. The summed E-state index contributed by atoms with van der Waals surface area (Å²) in [6.45, 7) is 0.0977. The normalized spacial score (nSPS) is 12.2. The Balaban J connectivity index is 1.30. The average Bonchev–Trinajstić information content (AvgIpc) is 3.45. The molecule has 1 aliphatic heterocycles. The van der Waals surface area contributed by atoms with E-state index in [1.54, 1.807) is 66.7 Å². The van der Waals surface area contributed by atoms with E-state index in [2.05, 4.69) is 15.8 Å². The molecule has 204 valence electrons. The second-order valence-electron chi connectivity index (χ2n) is 8.66. The Bertz CT molecular complexity index is 1670. The second-order valence-corrected chi connectivity index (χ2v) is 8.66. The minimum absolute atomic E-state index is 0.0624. The standard InChI is InChI=1S/C31H22FN3O6/c32-24-10-5-9-23(17-24)31(38)41-25-11-4-6-21(14-25)18-33-35-30(37)26(34-29(36)22-7-2-1-3-8-22)15-20-12-13-27-28(16-20)40-19-39-27/h1-18H,19H2,(H,34,36)(H,35,37)/b26-15+,33-18+. The van der Waals surface area contributed by atoms with Crippen molar-refractivity contribution in [3.63, 3.8) is 0 Å². The maximum absolute atomic E-state index is 13.4. The molecule has 5 rings (SSSR count). The summed E-state index contributed by atoms with van der Waals surface area (Å²) < 4.78 is 29.5. The largest absolute Gasteiger partial charge is 0.454 e. The van der Waals surface area contributed by atoms with Gasteiger partial charge in [0.15, 0.2) is 11.5 Å². The average molecular weight is 552 g/mol. The molecule has 0 saturated carbocycles. The molecule has 4 aromatic rings. The van der Waals surface area contributed by atoms with Crippen LogP contribution < -0.4 is 25.0 Å². The van der Waals surface area contributed by atoms with Crippen LogP contribution in [0.3, 0.4) is 0 Å². The van der Waals surface area contributed by atoms with Gasteiger partial charge in [0.1, 0.15) is 17.3 Å². The van der Waals surface area contributed by atoms with Crippen LogP contribution in [0.25, 0.3) is 6.08 Å². The van der Waals surface area contributed by atoms with Crippen molar-refractivity contribution in [3.05, 3.63) is 131 Å². The number of hydrazone groups is 1. The van der Waals surface area contributed by atoms with Gasteiger partial charge in [0.05, 0.1) is 11.8 Å². The number of nitrogens with one attached hydrogen (secondary N) is 2. The summed E-state index contributed by atoms with van der Waals surface area (Å²) in [4.78, 5) is 38.2. The number of esters is 1. The fourth-order valence-corrected chi connectivity index (χ4v) is 3.78. The van der Waals surface area contributed by atoms with Crippen molar-refractivity contribution in [2.24, 2.45) is 5.10 Å². The summed E-state index contributed by atoms with van der Waals surface area (Å²) >= 11 is 0. The molecular formula is C31H22FN3O6. The van der Waals surface area contributed by atoms with E-state index < -0.39 is 23.6 Å². The lowest BCUT2D eigenvalue weighted by Gasteiger charge is -2.09. The Hall–Kier alpha value is -5.77. The van der Waals surface area contributed by atoms with Crippen LogP contribution >= 0.6 is 0 Å². The lowest BCUT2D eigenvalue weighted by atomic mass is 10.1. The summed E-state index contributed by atoms with van der Waals surface area (Å²) in [5.74, 6) is -1.14. The van der Waals surface area contributed by atoms with Crippen molar-refractivity contribution in [3.8, 4) is 17.2 Å². The molecular weight excluding hydrogens is 529 g/mol. The molecule has 0 atom stereocenters. The molecule has 1 heterocycles. The molecule has 0 aromatic heterocycles. The van der Waals surface area contributed by atoms with Crippen LogP contribution in [0.5, 0.6) is 17.2 Å². The minimum Gasteiger partial charge on any atom is -0.454 e. The minimum atomic E-state index is -0.723. The number of amides is 2. The molecule has 9 nitrogen and oxygen atoms in total. The number of benzene rings is 4. The van der Waals surface area contributed by atoms with Crippen molar-refractivity contribution in [2.75, 3.05) is 6.79 Å². The fraction of sp³-hybridized carbons (Fsp3) is 0.0323. The number of carbonyl (C=O) groups is 3. The van der Waals surface area contributed by atoms with Crippen molar-refractivity contribution in [2.45, 2.75) is 0 Å². The first kappa shape index (κ1) is 26.8. The number of rotatable bonds is 8. The summed E-state index contributed by atoms with van der Waals surface area (Å²) in [5.41, 5.74) is 3.86. The molecule has 0 radical (unpaired) electrons. The van der Waals surface area contributed by atoms with Gasteiger partial charge < -0.3 is 19.5 Å².